The first-order chi connectivity index (χ1) is 7.08. The maximum absolute atomic E-state index is 10.7. The normalized spacial score (nSPS) is 10.3. The third-order valence-corrected chi connectivity index (χ3v) is 1.65. The van der Waals surface area contributed by atoms with E-state index in [-0.39, 0.29) is 5.97 Å². The smallest absolute Gasteiger partial charge is 0.308 e. The predicted octanol–water partition coefficient (Wildman–Crippen LogP) is 2.39. The van der Waals surface area contributed by atoms with Crippen LogP contribution in [0.1, 0.15) is 12.5 Å². The van der Waals surface area contributed by atoms with Gasteiger partial charge in [-0.15, -0.1) is 0 Å². The predicted molar refractivity (Wildman–Crippen MR) is 57.6 cm³/mol. The van der Waals surface area contributed by atoms with E-state index in [0.29, 0.717) is 5.75 Å². The van der Waals surface area contributed by atoms with Crippen LogP contribution in [-0.2, 0) is 9.59 Å². The first-order valence-corrected chi connectivity index (χ1v) is 4.62. The lowest BCUT2D eigenvalue weighted by atomic mass is 10.2. The second-order valence-corrected chi connectivity index (χ2v) is 3.18. The second kappa shape index (κ2) is 5.32. The van der Waals surface area contributed by atoms with Crippen molar-refractivity contribution in [1.29, 1.82) is 0 Å². The van der Waals surface area contributed by atoms with E-state index in [0.717, 1.165) is 5.56 Å². The molecule has 0 aromatic heterocycles. The lowest BCUT2D eigenvalue weighted by molar-refractivity contribution is -0.131. The zero-order valence-corrected chi connectivity index (χ0v) is 8.82. The molecule has 1 aromatic carbocycles. The average molecular weight is 225 g/mol. The molecule has 15 heavy (non-hydrogen) atoms. The summed E-state index contributed by atoms with van der Waals surface area (Å²) in [5, 5.41) is -0.548. The number of hydrogen-bond donors (Lipinski definition) is 0. The molecule has 0 aliphatic carbocycles. The van der Waals surface area contributed by atoms with Gasteiger partial charge >= 0.3 is 5.97 Å². The summed E-state index contributed by atoms with van der Waals surface area (Å²) in [6, 6.07) is 6.78. The quantitative estimate of drug-likeness (QED) is 0.343. The van der Waals surface area contributed by atoms with Crippen LogP contribution in [0.5, 0.6) is 5.75 Å². The number of benzene rings is 1. The molecule has 0 aliphatic heterocycles. The Balaban J connectivity index is 2.82. The van der Waals surface area contributed by atoms with Crippen LogP contribution in [-0.4, -0.2) is 11.2 Å². The first kappa shape index (κ1) is 11.5. The Morgan fingerprint density at radius 3 is 2.73 bits per heavy atom. The van der Waals surface area contributed by atoms with Gasteiger partial charge in [-0.3, -0.25) is 9.59 Å². The summed E-state index contributed by atoms with van der Waals surface area (Å²) in [5.74, 6) is 0.0521. The van der Waals surface area contributed by atoms with Gasteiger partial charge in [0.25, 0.3) is 0 Å². The SMILES string of the molecule is CC(=O)Oc1cccc(/C=C/C(=O)Cl)c1. The topological polar surface area (TPSA) is 43.4 Å². The second-order valence-electron chi connectivity index (χ2n) is 2.80. The van der Waals surface area contributed by atoms with Crippen molar-refractivity contribution >= 4 is 28.9 Å². The van der Waals surface area contributed by atoms with Gasteiger partial charge in [0.15, 0.2) is 0 Å². The Bertz CT molecular complexity index is 410. The Labute approximate surface area is 92.3 Å². The van der Waals surface area contributed by atoms with Crippen LogP contribution in [0, 0.1) is 0 Å². The van der Waals surface area contributed by atoms with Gasteiger partial charge in [-0.2, -0.15) is 0 Å². The molecule has 4 heteroatoms. The highest BCUT2D eigenvalue weighted by atomic mass is 35.5. The lowest BCUT2D eigenvalue weighted by Gasteiger charge is -2.01. The minimum absolute atomic E-state index is 0.385. The highest BCUT2D eigenvalue weighted by Crippen LogP contribution is 2.14. The van der Waals surface area contributed by atoms with Crippen LogP contribution >= 0.6 is 11.6 Å². The molecule has 0 aliphatic rings. The van der Waals surface area contributed by atoms with Gasteiger partial charge in [0.1, 0.15) is 5.75 Å². The molecule has 0 bridgehead atoms. The van der Waals surface area contributed by atoms with Crippen molar-refractivity contribution in [3.63, 3.8) is 0 Å². The summed E-state index contributed by atoms with van der Waals surface area (Å²) in [6.45, 7) is 1.32. The summed E-state index contributed by atoms with van der Waals surface area (Å²) >= 11 is 5.14. The van der Waals surface area contributed by atoms with Crippen LogP contribution in [0.25, 0.3) is 6.08 Å². The zero-order valence-electron chi connectivity index (χ0n) is 8.07. The van der Waals surface area contributed by atoms with Crippen molar-refractivity contribution in [3.05, 3.63) is 35.9 Å². The molecule has 0 saturated heterocycles. The van der Waals surface area contributed by atoms with Crippen LogP contribution in [0.3, 0.4) is 0 Å². The number of carbonyl (C=O) groups is 2. The third kappa shape index (κ3) is 4.42. The fourth-order valence-electron chi connectivity index (χ4n) is 1.01. The molecule has 0 spiro atoms. The highest BCUT2D eigenvalue weighted by Gasteiger charge is 1.97. The van der Waals surface area contributed by atoms with E-state index in [9.17, 15) is 9.59 Å². The Kier molecular flexibility index (Phi) is 4.06. The van der Waals surface area contributed by atoms with Crippen LogP contribution in [0.4, 0.5) is 0 Å². The van der Waals surface area contributed by atoms with E-state index in [1.807, 2.05) is 0 Å². The Hall–Kier alpha value is -1.61. The lowest BCUT2D eigenvalue weighted by Crippen LogP contribution is -2.00. The van der Waals surface area contributed by atoms with Crippen molar-refractivity contribution < 1.29 is 14.3 Å². The fourth-order valence-corrected chi connectivity index (χ4v) is 1.07. The molecule has 0 heterocycles. The standard InChI is InChI=1S/C11H9ClO3/c1-8(13)15-10-4-2-3-9(7-10)5-6-11(12)14/h2-7H,1H3/b6-5+. The van der Waals surface area contributed by atoms with E-state index in [4.69, 9.17) is 16.3 Å². The van der Waals surface area contributed by atoms with Gasteiger partial charge in [0, 0.05) is 6.92 Å². The average Bonchev–Trinajstić information content (AvgIpc) is 2.14. The number of carbonyl (C=O) groups excluding carboxylic acids is 2. The molecule has 1 aromatic rings. The van der Waals surface area contributed by atoms with Crippen molar-refractivity contribution in [2.24, 2.45) is 0 Å². The monoisotopic (exact) mass is 224 g/mol. The van der Waals surface area contributed by atoms with Gasteiger partial charge in [-0.25, -0.2) is 0 Å². The van der Waals surface area contributed by atoms with E-state index >= 15 is 0 Å². The molecule has 0 atom stereocenters. The number of hydrogen-bond acceptors (Lipinski definition) is 3. The van der Waals surface area contributed by atoms with Crippen molar-refractivity contribution in [2.45, 2.75) is 6.92 Å². The number of ether oxygens (including phenoxy) is 1. The number of esters is 1. The van der Waals surface area contributed by atoms with E-state index in [2.05, 4.69) is 0 Å². The summed E-state index contributed by atoms with van der Waals surface area (Å²) in [5.41, 5.74) is 0.739. The molecule has 0 fully saturated rings. The summed E-state index contributed by atoms with van der Waals surface area (Å²) in [4.78, 5) is 21.1. The minimum atomic E-state index is -0.548. The minimum Gasteiger partial charge on any atom is -0.427 e. The van der Waals surface area contributed by atoms with Crippen molar-refractivity contribution in [3.8, 4) is 5.75 Å². The molecule has 0 unspecified atom stereocenters. The Morgan fingerprint density at radius 1 is 1.40 bits per heavy atom. The third-order valence-electron chi connectivity index (χ3n) is 1.53. The van der Waals surface area contributed by atoms with Gasteiger partial charge in [0.05, 0.1) is 0 Å². The van der Waals surface area contributed by atoms with Gasteiger partial charge in [-0.05, 0) is 35.4 Å². The molecule has 78 valence electrons. The molecule has 0 amide bonds. The highest BCUT2D eigenvalue weighted by molar-refractivity contribution is 6.66. The van der Waals surface area contributed by atoms with Crippen LogP contribution in [0.15, 0.2) is 30.3 Å². The van der Waals surface area contributed by atoms with E-state index < -0.39 is 5.24 Å². The fraction of sp³-hybridized carbons (Fsp3) is 0.0909. The summed E-state index contributed by atoms with van der Waals surface area (Å²) in [6.07, 6.45) is 2.77. The molecule has 0 N–H and O–H groups in total. The summed E-state index contributed by atoms with van der Waals surface area (Å²) < 4.78 is 4.87. The molecule has 3 nitrogen and oxygen atoms in total. The molecule has 0 saturated carbocycles. The number of allylic oxidation sites excluding steroid dienone is 1. The zero-order chi connectivity index (χ0) is 11.3. The van der Waals surface area contributed by atoms with E-state index in [1.165, 1.54) is 13.0 Å². The van der Waals surface area contributed by atoms with Gasteiger partial charge in [0.2, 0.25) is 5.24 Å². The number of rotatable bonds is 3. The van der Waals surface area contributed by atoms with Crippen LogP contribution < -0.4 is 4.74 Å². The Morgan fingerprint density at radius 2 is 2.13 bits per heavy atom. The first-order valence-electron chi connectivity index (χ1n) is 4.24. The maximum Gasteiger partial charge on any atom is 0.308 e. The molecular weight excluding hydrogens is 216 g/mol. The number of halogens is 1. The summed E-state index contributed by atoms with van der Waals surface area (Å²) in [7, 11) is 0. The molecule has 1 rings (SSSR count). The van der Waals surface area contributed by atoms with E-state index in [1.54, 1.807) is 30.3 Å². The maximum atomic E-state index is 10.7. The van der Waals surface area contributed by atoms with Gasteiger partial charge < -0.3 is 4.74 Å². The van der Waals surface area contributed by atoms with Gasteiger partial charge in [-0.1, -0.05) is 18.2 Å². The van der Waals surface area contributed by atoms with Crippen LogP contribution in [0.2, 0.25) is 0 Å². The van der Waals surface area contributed by atoms with Crippen molar-refractivity contribution in [1.82, 2.24) is 0 Å². The molecule has 0 radical (unpaired) electrons. The molecular formula is C11H9ClO3. The van der Waals surface area contributed by atoms with Crippen molar-refractivity contribution in [2.75, 3.05) is 0 Å². The largest absolute Gasteiger partial charge is 0.427 e.